The Bertz CT molecular complexity index is 597. The first-order chi connectivity index (χ1) is 14.7. The van der Waals surface area contributed by atoms with E-state index in [9.17, 15) is 0 Å². The first kappa shape index (κ1) is 24.1. The van der Waals surface area contributed by atoms with Crippen LogP contribution in [0.3, 0.4) is 0 Å². The zero-order valence-electron chi connectivity index (χ0n) is 22.2. The van der Waals surface area contributed by atoms with Gasteiger partial charge >= 0.3 is 0 Å². The van der Waals surface area contributed by atoms with Gasteiger partial charge in [0.05, 0.1) is 0 Å². The second kappa shape index (κ2) is 9.31. The molecule has 0 amide bonds. The summed E-state index contributed by atoms with van der Waals surface area (Å²) in [4.78, 5) is 0. The molecule has 1 heteroatoms. The van der Waals surface area contributed by atoms with Gasteiger partial charge in [-0.05, 0) is 129 Å². The predicted molar refractivity (Wildman–Crippen MR) is 135 cm³/mol. The smallest absolute Gasteiger partial charge is 0.00671 e. The molecular weight excluding hydrogens is 374 g/mol. The topological polar surface area (TPSA) is 12.0 Å². The molecule has 4 unspecified atom stereocenters. The molecule has 0 aromatic heterocycles. The van der Waals surface area contributed by atoms with Gasteiger partial charge in [0.15, 0.2) is 0 Å². The van der Waals surface area contributed by atoms with Crippen LogP contribution in [0.15, 0.2) is 0 Å². The van der Waals surface area contributed by atoms with Crippen molar-refractivity contribution in [1.82, 2.24) is 5.32 Å². The van der Waals surface area contributed by atoms with Gasteiger partial charge in [-0.25, -0.2) is 0 Å². The standard InChI is InChI=1S/C30H55N/c1-8-22(20(2)3)10-9-21(4)26-13-14-27-25-12-11-23-19-24(31-7)15-17-29(23,5)28(25)16-18-30(26,27)6/h20-28,31H,8-19H2,1-7H3/t21-,22-,23?,24+,25?,26-,27?,28?,29+,30-/m1/s1. The molecule has 0 radical (unpaired) electrons. The Hall–Kier alpha value is -0.0400. The van der Waals surface area contributed by atoms with Crippen molar-refractivity contribution in [2.45, 2.75) is 125 Å². The van der Waals surface area contributed by atoms with E-state index >= 15 is 0 Å². The Morgan fingerprint density at radius 3 is 2.23 bits per heavy atom. The van der Waals surface area contributed by atoms with Crippen LogP contribution >= 0.6 is 0 Å². The van der Waals surface area contributed by atoms with E-state index in [0.717, 1.165) is 53.4 Å². The highest BCUT2D eigenvalue weighted by Crippen LogP contribution is 2.68. The van der Waals surface area contributed by atoms with Gasteiger partial charge in [0.1, 0.15) is 0 Å². The van der Waals surface area contributed by atoms with Gasteiger partial charge in [-0.1, -0.05) is 54.4 Å². The highest BCUT2D eigenvalue weighted by atomic mass is 14.9. The van der Waals surface area contributed by atoms with Crippen molar-refractivity contribution in [2.24, 2.45) is 58.2 Å². The lowest BCUT2D eigenvalue weighted by molar-refractivity contribution is -0.117. The van der Waals surface area contributed by atoms with Crippen LogP contribution in [0.4, 0.5) is 0 Å². The maximum absolute atomic E-state index is 3.62. The average Bonchev–Trinajstić information content (AvgIpc) is 3.10. The highest BCUT2D eigenvalue weighted by molar-refractivity contribution is 5.10. The maximum atomic E-state index is 3.62. The van der Waals surface area contributed by atoms with E-state index in [2.05, 4.69) is 53.9 Å². The normalized spacial score (nSPS) is 46.8. The van der Waals surface area contributed by atoms with Crippen molar-refractivity contribution in [2.75, 3.05) is 7.05 Å². The Kier molecular flexibility index (Phi) is 7.23. The first-order valence-electron chi connectivity index (χ1n) is 14.4. The number of hydrogen-bond donors (Lipinski definition) is 1. The lowest BCUT2D eigenvalue weighted by Crippen LogP contribution is -2.55. The van der Waals surface area contributed by atoms with Gasteiger partial charge in [0, 0.05) is 6.04 Å². The van der Waals surface area contributed by atoms with Crippen LogP contribution in [0.5, 0.6) is 0 Å². The molecule has 4 rings (SSSR count). The minimum absolute atomic E-state index is 0.644. The summed E-state index contributed by atoms with van der Waals surface area (Å²) in [5.74, 6) is 7.81. The third-order valence-corrected chi connectivity index (χ3v) is 12.3. The monoisotopic (exact) mass is 429 g/mol. The van der Waals surface area contributed by atoms with Crippen LogP contribution in [0, 0.1) is 58.2 Å². The molecular formula is C30H55N. The summed E-state index contributed by atoms with van der Waals surface area (Å²) in [6.07, 6.45) is 17.9. The fraction of sp³-hybridized carbons (Fsp3) is 1.00. The lowest BCUT2D eigenvalue weighted by atomic mass is 9.44. The molecule has 0 heterocycles. The molecule has 0 aromatic carbocycles. The summed E-state index contributed by atoms with van der Waals surface area (Å²) in [7, 11) is 2.19. The van der Waals surface area contributed by atoms with Crippen molar-refractivity contribution in [3.8, 4) is 0 Å². The molecule has 180 valence electrons. The third kappa shape index (κ3) is 4.17. The van der Waals surface area contributed by atoms with Crippen molar-refractivity contribution >= 4 is 0 Å². The lowest BCUT2D eigenvalue weighted by Gasteiger charge is -2.61. The number of rotatable bonds is 7. The minimum Gasteiger partial charge on any atom is -0.317 e. The fourth-order valence-electron chi connectivity index (χ4n) is 10.2. The molecule has 0 aromatic rings. The molecule has 4 saturated carbocycles. The summed E-state index contributed by atoms with van der Waals surface area (Å²) in [6.45, 7) is 15.4. The zero-order valence-corrected chi connectivity index (χ0v) is 22.2. The van der Waals surface area contributed by atoms with Gasteiger partial charge in [0.25, 0.3) is 0 Å². The number of hydrogen-bond acceptors (Lipinski definition) is 1. The Morgan fingerprint density at radius 1 is 0.839 bits per heavy atom. The maximum Gasteiger partial charge on any atom is 0.00671 e. The zero-order chi connectivity index (χ0) is 22.4. The van der Waals surface area contributed by atoms with E-state index in [4.69, 9.17) is 0 Å². The van der Waals surface area contributed by atoms with Crippen molar-refractivity contribution in [3.05, 3.63) is 0 Å². The molecule has 4 fully saturated rings. The minimum atomic E-state index is 0.644. The van der Waals surface area contributed by atoms with Crippen LogP contribution in [0.1, 0.15) is 119 Å². The quantitative estimate of drug-likeness (QED) is 0.429. The van der Waals surface area contributed by atoms with E-state index in [1.54, 1.807) is 19.3 Å². The fourth-order valence-corrected chi connectivity index (χ4v) is 10.2. The van der Waals surface area contributed by atoms with Crippen LogP contribution < -0.4 is 5.32 Å². The molecule has 0 bridgehead atoms. The van der Waals surface area contributed by atoms with E-state index in [1.807, 2.05) is 0 Å². The largest absolute Gasteiger partial charge is 0.317 e. The molecule has 0 saturated heterocycles. The molecule has 0 spiro atoms. The third-order valence-electron chi connectivity index (χ3n) is 12.3. The van der Waals surface area contributed by atoms with E-state index < -0.39 is 0 Å². The average molecular weight is 430 g/mol. The Morgan fingerprint density at radius 2 is 1.55 bits per heavy atom. The molecule has 1 nitrogen and oxygen atoms in total. The second-order valence-corrected chi connectivity index (χ2v) is 13.6. The predicted octanol–water partition coefficient (Wildman–Crippen LogP) is 8.33. The van der Waals surface area contributed by atoms with Crippen LogP contribution in [-0.4, -0.2) is 13.1 Å². The summed E-state index contributed by atoms with van der Waals surface area (Å²) < 4.78 is 0. The van der Waals surface area contributed by atoms with Crippen LogP contribution in [0.2, 0.25) is 0 Å². The Labute approximate surface area is 195 Å². The Balaban J connectivity index is 1.44. The van der Waals surface area contributed by atoms with Gasteiger partial charge in [-0.2, -0.15) is 0 Å². The van der Waals surface area contributed by atoms with Crippen molar-refractivity contribution in [1.29, 1.82) is 0 Å². The molecule has 4 aliphatic rings. The van der Waals surface area contributed by atoms with Crippen molar-refractivity contribution in [3.63, 3.8) is 0 Å². The summed E-state index contributed by atoms with van der Waals surface area (Å²) in [5, 5.41) is 3.62. The molecule has 10 atom stereocenters. The van der Waals surface area contributed by atoms with E-state index in [0.29, 0.717) is 10.8 Å². The molecule has 31 heavy (non-hydrogen) atoms. The van der Waals surface area contributed by atoms with Gasteiger partial charge in [0.2, 0.25) is 0 Å². The van der Waals surface area contributed by atoms with E-state index in [-0.39, 0.29) is 0 Å². The highest BCUT2D eigenvalue weighted by Gasteiger charge is 2.60. The van der Waals surface area contributed by atoms with Crippen molar-refractivity contribution < 1.29 is 0 Å². The summed E-state index contributed by atoms with van der Waals surface area (Å²) >= 11 is 0. The second-order valence-electron chi connectivity index (χ2n) is 13.6. The van der Waals surface area contributed by atoms with Gasteiger partial charge in [-0.3, -0.25) is 0 Å². The van der Waals surface area contributed by atoms with E-state index in [1.165, 1.54) is 57.8 Å². The SMILES string of the molecule is CC[C@H](CC[C@@H](C)[C@H]1CCC2C3CCC4C[C@@H](NC)CC[C@]4(C)C3CC[C@@]21C)C(C)C. The molecule has 1 N–H and O–H groups in total. The molecule has 0 aliphatic heterocycles. The molecule has 4 aliphatic carbocycles. The van der Waals surface area contributed by atoms with Gasteiger partial charge < -0.3 is 5.32 Å². The van der Waals surface area contributed by atoms with Crippen LogP contribution in [-0.2, 0) is 0 Å². The van der Waals surface area contributed by atoms with Gasteiger partial charge in [-0.15, -0.1) is 0 Å². The van der Waals surface area contributed by atoms with Crippen LogP contribution in [0.25, 0.3) is 0 Å². The summed E-state index contributed by atoms with van der Waals surface area (Å²) in [6, 6.07) is 0.790. The number of fused-ring (bicyclic) bond motifs is 5. The number of nitrogens with one attached hydrogen (secondary N) is 1. The summed E-state index contributed by atoms with van der Waals surface area (Å²) in [5.41, 5.74) is 1.29. The first-order valence-corrected chi connectivity index (χ1v) is 14.4.